The van der Waals surface area contributed by atoms with Crippen LogP contribution in [0.4, 0.5) is 0 Å². The Kier molecular flexibility index (Phi) is 5.06. The number of hydrogen-bond donors (Lipinski definition) is 1. The summed E-state index contributed by atoms with van der Waals surface area (Å²) in [5.41, 5.74) is 2.79. The second kappa shape index (κ2) is 6.79. The van der Waals surface area contributed by atoms with Crippen LogP contribution in [0.1, 0.15) is 50.2 Å². The first-order chi connectivity index (χ1) is 8.83. The number of para-hydroxylation sites is 1. The Hall–Kier alpha value is -1.02. The minimum Gasteiger partial charge on any atom is -0.493 e. The maximum atomic E-state index is 5.88. The van der Waals surface area contributed by atoms with Crippen LogP contribution in [0.2, 0.25) is 0 Å². The van der Waals surface area contributed by atoms with E-state index < -0.39 is 0 Å². The highest BCUT2D eigenvalue weighted by molar-refractivity contribution is 5.44. The summed E-state index contributed by atoms with van der Waals surface area (Å²) in [5.74, 6) is 1.74. The van der Waals surface area contributed by atoms with Crippen molar-refractivity contribution in [2.75, 3.05) is 19.7 Å². The van der Waals surface area contributed by atoms with Gasteiger partial charge in [0.05, 0.1) is 6.61 Å². The maximum Gasteiger partial charge on any atom is 0.125 e. The average molecular weight is 247 g/mol. The molecule has 18 heavy (non-hydrogen) atoms. The molecule has 1 aliphatic rings. The predicted octanol–water partition coefficient (Wildman–Crippen LogP) is 3.50. The Balaban J connectivity index is 1.99. The van der Waals surface area contributed by atoms with Gasteiger partial charge in [0, 0.05) is 0 Å². The van der Waals surface area contributed by atoms with Gasteiger partial charge in [-0.3, -0.25) is 0 Å². The summed E-state index contributed by atoms with van der Waals surface area (Å²) >= 11 is 0. The van der Waals surface area contributed by atoms with Crippen molar-refractivity contribution in [2.45, 2.75) is 45.4 Å². The molecule has 0 saturated carbocycles. The standard InChI is InChI=1S/C16H25NO/c1-3-10-17-11-9-13(2)15-8-4-6-14-7-5-12-18-16(14)15/h4,6,8,13,17H,3,5,7,9-12H2,1-2H3. The zero-order valence-electron chi connectivity index (χ0n) is 11.7. The van der Waals surface area contributed by atoms with Crippen molar-refractivity contribution in [1.29, 1.82) is 0 Å². The summed E-state index contributed by atoms with van der Waals surface area (Å²) < 4.78 is 5.88. The summed E-state index contributed by atoms with van der Waals surface area (Å²) in [4.78, 5) is 0. The van der Waals surface area contributed by atoms with Crippen LogP contribution in [0.25, 0.3) is 0 Å². The zero-order valence-corrected chi connectivity index (χ0v) is 11.7. The minimum atomic E-state index is 0.572. The molecule has 2 rings (SSSR count). The highest BCUT2D eigenvalue weighted by Gasteiger charge is 2.17. The Morgan fingerprint density at radius 3 is 3.06 bits per heavy atom. The van der Waals surface area contributed by atoms with Crippen molar-refractivity contribution in [3.63, 3.8) is 0 Å². The van der Waals surface area contributed by atoms with E-state index in [0.717, 1.165) is 26.1 Å². The first-order valence-corrected chi connectivity index (χ1v) is 7.28. The second-order valence-corrected chi connectivity index (χ2v) is 5.23. The van der Waals surface area contributed by atoms with Crippen LogP contribution in [-0.2, 0) is 6.42 Å². The summed E-state index contributed by atoms with van der Waals surface area (Å²) in [7, 11) is 0. The number of aryl methyl sites for hydroxylation is 1. The summed E-state index contributed by atoms with van der Waals surface area (Å²) in [6, 6.07) is 6.62. The minimum absolute atomic E-state index is 0.572. The molecule has 0 saturated heterocycles. The highest BCUT2D eigenvalue weighted by Crippen LogP contribution is 2.34. The lowest BCUT2D eigenvalue weighted by atomic mass is 9.92. The first-order valence-electron chi connectivity index (χ1n) is 7.28. The largest absolute Gasteiger partial charge is 0.493 e. The third kappa shape index (κ3) is 3.26. The van der Waals surface area contributed by atoms with E-state index in [1.807, 2.05) is 0 Å². The van der Waals surface area contributed by atoms with Gasteiger partial charge in [0.25, 0.3) is 0 Å². The molecular weight excluding hydrogens is 222 g/mol. The van der Waals surface area contributed by atoms with Gasteiger partial charge in [0.2, 0.25) is 0 Å². The number of fused-ring (bicyclic) bond motifs is 1. The Labute approximate surface area is 111 Å². The predicted molar refractivity (Wildman–Crippen MR) is 76.5 cm³/mol. The van der Waals surface area contributed by atoms with Gasteiger partial charge in [-0.2, -0.15) is 0 Å². The normalized spacial score (nSPS) is 15.9. The third-order valence-corrected chi connectivity index (χ3v) is 3.68. The molecule has 100 valence electrons. The molecule has 1 atom stereocenters. The number of hydrogen-bond acceptors (Lipinski definition) is 2. The fourth-order valence-corrected chi connectivity index (χ4v) is 2.58. The smallest absolute Gasteiger partial charge is 0.125 e. The topological polar surface area (TPSA) is 21.3 Å². The molecule has 2 nitrogen and oxygen atoms in total. The van der Waals surface area contributed by atoms with Gasteiger partial charge in [-0.1, -0.05) is 32.0 Å². The maximum absolute atomic E-state index is 5.88. The van der Waals surface area contributed by atoms with E-state index in [1.165, 1.54) is 36.1 Å². The van der Waals surface area contributed by atoms with Crippen LogP contribution in [0, 0.1) is 0 Å². The van der Waals surface area contributed by atoms with Crippen LogP contribution >= 0.6 is 0 Å². The molecule has 1 heterocycles. The van der Waals surface area contributed by atoms with Gasteiger partial charge < -0.3 is 10.1 Å². The summed E-state index contributed by atoms with van der Waals surface area (Å²) in [6.45, 7) is 7.61. The number of rotatable bonds is 6. The molecule has 1 aromatic rings. The summed E-state index contributed by atoms with van der Waals surface area (Å²) in [5, 5.41) is 3.47. The second-order valence-electron chi connectivity index (χ2n) is 5.23. The zero-order chi connectivity index (χ0) is 12.8. The van der Waals surface area contributed by atoms with Gasteiger partial charge in [-0.15, -0.1) is 0 Å². The average Bonchev–Trinajstić information content (AvgIpc) is 2.43. The molecule has 2 heteroatoms. The van der Waals surface area contributed by atoms with Crippen molar-refractivity contribution in [3.8, 4) is 5.75 Å². The Morgan fingerprint density at radius 1 is 1.33 bits per heavy atom. The molecular formula is C16H25NO. The van der Waals surface area contributed by atoms with E-state index in [0.29, 0.717) is 5.92 Å². The molecule has 1 aromatic carbocycles. The number of benzene rings is 1. The fourth-order valence-electron chi connectivity index (χ4n) is 2.58. The molecule has 0 aliphatic carbocycles. The van der Waals surface area contributed by atoms with Crippen molar-refractivity contribution in [3.05, 3.63) is 29.3 Å². The molecule has 1 aliphatic heterocycles. The van der Waals surface area contributed by atoms with Gasteiger partial charge >= 0.3 is 0 Å². The first kappa shape index (κ1) is 13.4. The third-order valence-electron chi connectivity index (χ3n) is 3.68. The molecule has 0 bridgehead atoms. The van der Waals surface area contributed by atoms with Gasteiger partial charge in [-0.05, 0) is 55.8 Å². The lowest BCUT2D eigenvalue weighted by molar-refractivity contribution is 0.283. The van der Waals surface area contributed by atoms with Gasteiger partial charge in [-0.25, -0.2) is 0 Å². The monoisotopic (exact) mass is 247 g/mol. The van der Waals surface area contributed by atoms with E-state index >= 15 is 0 Å². The van der Waals surface area contributed by atoms with Crippen molar-refractivity contribution in [2.24, 2.45) is 0 Å². The van der Waals surface area contributed by atoms with Crippen molar-refractivity contribution < 1.29 is 4.74 Å². The molecule has 1 unspecified atom stereocenters. The van der Waals surface area contributed by atoms with E-state index in [4.69, 9.17) is 4.74 Å². The Bertz CT molecular complexity index is 375. The molecule has 0 spiro atoms. The number of nitrogens with one attached hydrogen (secondary N) is 1. The van der Waals surface area contributed by atoms with Crippen molar-refractivity contribution in [1.82, 2.24) is 5.32 Å². The highest BCUT2D eigenvalue weighted by atomic mass is 16.5. The van der Waals surface area contributed by atoms with Crippen LogP contribution < -0.4 is 10.1 Å². The fraction of sp³-hybridized carbons (Fsp3) is 0.625. The van der Waals surface area contributed by atoms with E-state index in [-0.39, 0.29) is 0 Å². The molecule has 0 fully saturated rings. The van der Waals surface area contributed by atoms with Gasteiger partial charge in [0.1, 0.15) is 5.75 Å². The van der Waals surface area contributed by atoms with Crippen molar-refractivity contribution >= 4 is 0 Å². The van der Waals surface area contributed by atoms with E-state index in [9.17, 15) is 0 Å². The lowest BCUT2D eigenvalue weighted by Gasteiger charge is -2.23. The Morgan fingerprint density at radius 2 is 2.22 bits per heavy atom. The van der Waals surface area contributed by atoms with Gasteiger partial charge in [0.15, 0.2) is 0 Å². The van der Waals surface area contributed by atoms with Crippen LogP contribution in [-0.4, -0.2) is 19.7 Å². The van der Waals surface area contributed by atoms with E-state index in [1.54, 1.807) is 0 Å². The molecule has 1 N–H and O–H groups in total. The van der Waals surface area contributed by atoms with E-state index in [2.05, 4.69) is 37.4 Å². The molecule has 0 aromatic heterocycles. The van der Waals surface area contributed by atoms with Crippen LogP contribution in [0.3, 0.4) is 0 Å². The summed E-state index contributed by atoms with van der Waals surface area (Å²) in [6.07, 6.45) is 4.71. The van der Waals surface area contributed by atoms with Crippen LogP contribution in [0.5, 0.6) is 5.75 Å². The molecule has 0 amide bonds. The SMILES string of the molecule is CCCNCCC(C)c1cccc2c1OCCC2. The number of ether oxygens (including phenoxy) is 1. The molecule has 0 radical (unpaired) electrons. The van der Waals surface area contributed by atoms with Crippen LogP contribution in [0.15, 0.2) is 18.2 Å². The quantitative estimate of drug-likeness (QED) is 0.777. The lowest BCUT2D eigenvalue weighted by Crippen LogP contribution is -2.18.